The summed E-state index contributed by atoms with van der Waals surface area (Å²) in [6.07, 6.45) is 3.16. The van der Waals surface area contributed by atoms with E-state index in [2.05, 4.69) is 4.98 Å². The van der Waals surface area contributed by atoms with Crippen molar-refractivity contribution in [2.45, 2.75) is 19.9 Å². The average molecular weight is 449 g/mol. The zero-order valence-corrected chi connectivity index (χ0v) is 18.6. The Hall–Kier alpha value is -3.64. The first kappa shape index (κ1) is 21.6. The molecule has 1 unspecified atom stereocenters. The highest BCUT2D eigenvalue weighted by molar-refractivity contribution is 6.52. The molecule has 0 spiro atoms. The Kier molecular flexibility index (Phi) is 5.72. The fourth-order valence-corrected chi connectivity index (χ4v) is 4.12. The van der Waals surface area contributed by atoms with Crippen molar-refractivity contribution in [1.82, 2.24) is 4.98 Å². The van der Waals surface area contributed by atoms with Crippen molar-refractivity contribution in [3.63, 3.8) is 0 Å². The van der Waals surface area contributed by atoms with Gasteiger partial charge in [0.2, 0.25) is 0 Å². The second kappa shape index (κ2) is 8.48. The lowest BCUT2D eigenvalue weighted by atomic mass is 9.95. The molecular formula is C25H21ClN2O4. The summed E-state index contributed by atoms with van der Waals surface area (Å²) in [6.45, 7) is 3.83. The first-order valence-corrected chi connectivity index (χ1v) is 10.3. The molecule has 1 fully saturated rings. The largest absolute Gasteiger partial charge is 0.507 e. The van der Waals surface area contributed by atoms with E-state index in [1.54, 1.807) is 42.7 Å². The van der Waals surface area contributed by atoms with E-state index >= 15 is 0 Å². The molecule has 1 atom stereocenters. The van der Waals surface area contributed by atoms with E-state index < -0.39 is 17.7 Å². The Morgan fingerprint density at radius 2 is 1.81 bits per heavy atom. The first-order chi connectivity index (χ1) is 15.3. The number of amides is 1. The number of ether oxygens (including phenoxy) is 1. The van der Waals surface area contributed by atoms with Crippen LogP contribution in [0.1, 0.15) is 28.3 Å². The highest BCUT2D eigenvalue weighted by Crippen LogP contribution is 2.44. The molecule has 1 N–H and O–H groups in total. The van der Waals surface area contributed by atoms with Crippen molar-refractivity contribution in [2.75, 3.05) is 12.0 Å². The minimum absolute atomic E-state index is 0.0392. The van der Waals surface area contributed by atoms with Crippen LogP contribution in [0.4, 0.5) is 5.69 Å². The quantitative estimate of drug-likeness (QED) is 0.345. The zero-order valence-electron chi connectivity index (χ0n) is 17.8. The summed E-state index contributed by atoms with van der Waals surface area (Å²) in [6, 6.07) is 12.9. The highest BCUT2D eigenvalue weighted by atomic mass is 35.5. The van der Waals surface area contributed by atoms with Crippen molar-refractivity contribution in [1.29, 1.82) is 0 Å². The predicted octanol–water partition coefficient (Wildman–Crippen LogP) is 4.99. The fourth-order valence-electron chi connectivity index (χ4n) is 3.95. The monoisotopic (exact) mass is 448 g/mol. The number of anilines is 1. The summed E-state index contributed by atoms with van der Waals surface area (Å²) >= 11 is 6.15. The lowest BCUT2D eigenvalue weighted by Crippen LogP contribution is -2.30. The summed E-state index contributed by atoms with van der Waals surface area (Å²) in [5, 5.41) is 11.6. The molecule has 2 aromatic carbocycles. The maximum Gasteiger partial charge on any atom is 0.300 e. The number of carbonyl (C=O) groups is 2. The van der Waals surface area contributed by atoms with E-state index in [1.165, 1.54) is 18.1 Å². The van der Waals surface area contributed by atoms with Gasteiger partial charge in [-0.2, -0.15) is 0 Å². The van der Waals surface area contributed by atoms with Crippen LogP contribution in [0.15, 0.2) is 66.5 Å². The van der Waals surface area contributed by atoms with E-state index in [0.717, 1.165) is 11.1 Å². The number of carbonyl (C=O) groups excluding carboxylic acids is 2. The average Bonchev–Trinajstić information content (AvgIpc) is 3.06. The number of aliphatic hydroxyl groups is 1. The third-order valence-corrected chi connectivity index (χ3v) is 5.95. The van der Waals surface area contributed by atoms with Gasteiger partial charge in [-0.1, -0.05) is 23.7 Å². The number of halogens is 1. The zero-order chi connectivity index (χ0) is 23.0. The molecule has 2 heterocycles. The fraction of sp³-hybridized carbons (Fsp3) is 0.160. The molecule has 1 aliphatic rings. The van der Waals surface area contributed by atoms with Crippen LogP contribution in [0.25, 0.3) is 5.76 Å². The Bertz CT molecular complexity index is 1250. The number of Topliss-reactive ketones (excluding diaryl/α,β-unsaturated/α-hetero) is 1. The number of hydrogen-bond donors (Lipinski definition) is 1. The second-order valence-corrected chi connectivity index (χ2v) is 7.95. The van der Waals surface area contributed by atoms with Crippen LogP contribution in [-0.4, -0.2) is 28.9 Å². The number of aliphatic hydroxyl groups excluding tert-OH is 1. The molecule has 0 aliphatic carbocycles. The number of hydrogen-bond acceptors (Lipinski definition) is 5. The molecule has 1 aliphatic heterocycles. The van der Waals surface area contributed by atoms with Crippen molar-refractivity contribution < 1.29 is 19.4 Å². The Labute approximate surface area is 190 Å². The molecule has 4 rings (SSSR count). The van der Waals surface area contributed by atoms with E-state index in [1.807, 2.05) is 26.0 Å². The number of benzene rings is 2. The maximum absolute atomic E-state index is 13.3. The number of rotatable bonds is 4. The lowest BCUT2D eigenvalue weighted by molar-refractivity contribution is -0.132. The number of ketones is 1. The van der Waals surface area contributed by atoms with Crippen LogP contribution in [0.2, 0.25) is 5.02 Å². The lowest BCUT2D eigenvalue weighted by Gasteiger charge is -2.27. The second-order valence-electron chi connectivity index (χ2n) is 7.51. The van der Waals surface area contributed by atoms with Crippen molar-refractivity contribution in [3.05, 3.63) is 93.8 Å². The molecule has 7 heteroatoms. The van der Waals surface area contributed by atoms with Gasteiger partial charge < -0.3 is 9.84 Å². The van der Waals surface area contributed by atoms with Crippen molar-refractivity contribution >= 4 is 34.7 Å². The Balaban J connectivity index is 2.01. The minimum Gasteiger partial charge on any atom is -0.507 e. The summed E-state index contributed by atoms with van der Waals surface area (Å²) < 4.78 is 5.36. The summed E-state index contributed by atoms with van der Waals surface area (Å²) in [7, 11) is 1.45. The minimum atomic E-state index is -0.845. The van der Waals surface area contributed by atoms with Gasteiger partial charge in [0, 0.05) is 23.1 Å². The van der Waals surface area contributed by atoms with Gasteiger partial charge in [0.15, 0.2) is 0 Å². The Morgan fingerprint density at radius 1 is 1.09 bits per heavy atom. The third kappa shape index (κ3) is 3.52. The van der Waals surface area contributed by atoms with E-state index in [-0.39, 0.29) is 16.9 Å². The molecule has 1 aromatic heterocycles. The van der Waals surface area contributed by atoms with Crippen molar-refractivity contribution in [2.24, 2.45) is 0 Å². The van der Waals surface area contributed by atoms with Crippen LogP contribution >= 0.6 is 11.6 Å². The summed E-state index contributed by atoms with van der Waals surface area (Å²) in [5.41, 5.74) is 3.29. The number of aryl methyl sites for hydroxylation is 1. The topological polar surface area (TPSA) is 79.7 Å². The molecule has 0 saturated carbocycles. The standard InChI is InChI=1S/C25H21ClN2O4/c1-14-5-4-6-19(15(14)2)28-22(16-9-11-27-12-10-16)21(24(30)25(28)31)23(29)18-13-17(26)7-8-20(18)32-3/h4-13,22,29H,1-3H3/b23-21+. The SMILES string of the molecule is COc1ccc(Cl)cc1/C(O)=C1\C(=O)C(=O)N(c2cccc(C)c2C)C1c1ccncc1. The normalized spacial score (nSPS) is 17.6. The number of aromatic nitrogens is 1. The van der Waals surface area contributed by atoms with Crippen LogP contribution in [0, 0.1) is 13.8 Å². The Morgan fingerprint density at radius 3 is 2.50 bits per heavy atom. The van der Waals surface area contributed by atoms with Gasteiger partial charge in [-0.15, -0.1) is 0 Å². The molecule has 3 aromatic rings. The maximum atomic E-state index is 13.3. The smallest absolute Gasteiger partial charge is 0.300 e. The van der Waals surface area contributed by atoms with Gasteiger partial charge in [0.05, 0.1) is 24.3 Å². The van der Waals surface area contributed by atoms with Gasteiger partial charge in [-0.05, 0) is 66.9 Å². The molecular weight excluding hydrogens is 428 g/mol. The highest BCUT2D eigenvalue weighted by Gasteiger charge is 2.47. The summed E-state index contributed by atoms with van der Waals surface area (Å²) in [4.78, 5) is 32.0. The molecule has 1 saturated heterocycles. The molecule has 0 bridgehead atoms. The summed E-state index contributed by atoms with van der Waals surface area (Å²) in [5.74, 6) is -1.52. The number of nitrogens with zero attached hydrogens (tertiary/aromatic N) is 2. The van der Waals surface area contributed by atoms with Crippen molar-refractivity contribution in [3.8, 4) is 5.75 Å². The molecule has 1 amide bonds. The molecule has 6 nitrogen and oxygen atoms in total. The third-order valence-electron chi connectivity index (χ3n) is 5.72. The van der Waals surface area contributed by atoms with Gasteiger partial charge >= 0.3 is 0 Å². The van der Waals surface area contributed by atoms with Crippen LogP contribution in [-0.2, 0) is 9.59 Å². The molecule has 32 heavy (non-hydrogen) atoms. The number of methoxy groups -OCH3 is 1. The van der Waals surface area contributed by atoms with Gasteiger partial charge in [-0.3, -0.25) is 19.5 Å². The van der Waals surface area contributed by atoms with Gasteiger partial charge in [0.1, 0.15) is 11.5 Å². The van der Waals surface area contributed by atoms with Gasteiger partial charge in [0.25, 0.3) is 11.7 Å². The predicted molar refractivity (Wildman–Crippen MR) is 123 cm³/mol. The van der Waals surface area contributed by atoms with E-state index in [9.17, 15) is 14.7 Å². The van der Waals surface area contributed by atoms with E-state index in [4.69, 9.17) is 16.3 Å². The van der Waals surface area contributed by atoms with Crippen LogP contribution in [0.5, 0.6) is 5.75 Å². The van der Waals surface area contributed by atoms with Gasteiger partial charge in [-0.25, -0.2) is 0 Å². The van der Waals surface area contributed by atoms with Crippen LogP contribution < -0.4 is 9.64 Å². The number of pyridine rings is 1. The van der Waals surface area contributed by atoms with E-state index in [0.29, 0.717) is 22.0 Å². The first-order valence-electron chi connectivity index (χ1n) is 9.96. The molecule has 0 radical (unpaired) electrons. The van der Waals surface area contributed by atoms with Crippen LogP contribution in [0.3, 0.4) is 0 Å². The molecule has 162 valence electrons.